The summed E-state index contributed by atoms with van der Waals surface area (Å²) in [4.78, 5) is 12.8. The molecule has 0 atom stereocenters. The molecule has 1 aromatic heterocycles. The number of para-hydroxylation sites is 1. The van der Waals surface area contributed by atoms with E-state index in [1.54, 1.807) is 12.1 Å². The van der Waals surface area contributed by atoms with Gasteiger partial charge in [-0.15, -0.1) is 0 Å². The second-order valence-corrected chi connectivity index (χ2v) is 7.70. The Morgan fingerprint density at radius 3 is 2.21 bits per heavy atom. The summed E-state index contributed by atoms with van der Waals surface area (Å²) in [5, 5.41) is 4.22. The summed E-state index contributed by atoms with van der Waals surface area (Å²) in [6, 6.07) is 22.1. The van der Waals surface area contributed by atoms with Gasteiger partial charge in [-0.25, -0.2) is 0 Å². The van der Waals surface area contributed by atoms with Gasteiger partial charge in [-0.05, 0) is 35.7 Å². The Labute approximate surface area is 193 Å². The van der Waals surface area contributed by atoms with Crippen LogP contribution in [-0.4, -0.2) is 38.3 Å². The average molecular weight is 445 g/mol. The fourth-order valence-corrected chi connectivity index (χ4v) is 4.06. The number of nitrogens with one attached hydrogen (secondary N) is 1. The summed E-state index contributed by atoms with van der Waals surface area (Å²) in [7, 11) is 4.60. The van der Waals surface area contributed by atoms with E-state index in [2.05, 4.69) is 58.5 Å². The third-order valence-corrected chi connectivity index (χ3v) is 5.67. The van der Waals surface area contributed by atoms with Gasteiger partial charge in [-0.1, -0.05) is 48.5 Å². The molecular weight excluding hydrogens is 416 g/mol. The van der Waals surface area contributed by atoms with Gasteiger partial charge in [0.15, 0.2) is 11.5 Å². The Kier molecular flexibility index (Phi) is 6.83. The second-order valence-electron chi connectivity index (χ2n) is 7.70. The summed E-state index contributed by atoms with van der Waals surface area (Å²) >= 11 is 0. The summed E-state index contributed by atoms with van der Waals surface area (Å²) in [5.41, 5.74) is 4.09. The number of rotatable bonds is 9. The first kappa shape index (κ1) is 22.3. The topological polar surface area (TPSA) is 61.7 Å². The Balaban J connectivity index is 1.49. The molecule has 0 aliphatic carbocycles. The minimum Gasteiger partial charge on any atom is -0.493 e. The van der Waals surface area contributed by atoms with Gasteiger partial charge in [0.25, 0.3) is 5.91 Å². The molecule has 0 aliphatic heterocycles. The zero-order chi connectivity index (χ0) is 23.2. The van der Waals surface area contributed by atoms with Crippen molar-refractivity contribution in [2.24, 2.45) is 0 Å². The van der Waals surface area contributed by atoms with Gasteiger partial charge in [0, 0.05) is 35.8 Å². The van der Waals surface area contributed by atoms with E-state index in [0.717, 1.165) is 13.0 Å². The SMILES string of the molecule is COc1cc(C(=O)NCCc2cn(Cc3ccccc3)c3ccccc23)cc(OC)c1OC. The van der Waals surface area contributed by atoms with Crippen molar-refractivity contribution in [3.8, 4) is 17.2 Å². The van der Waals surface area contributed by atoms with Crippen molar-refractivity contribution in [1.82, 2.24) is 9.88 Å². The number of benzene rings is 3. The monoisotopic (exact) mass is 444 g/mol. The van der Waals surface area contributed by atoms with Gasteiger partial charge in [0.2, 0.25) is 5.75 Å². The van der Waals surface area contributed by atoms with Gasteiger partial charge >= 0.3 is 0 Å². The van der Waals surface area contributed by atoms with Crippen LogP contribution in [0.2, 0.25) is 0 Å². The Bertz CT molecular complexity index is 1220. The Morgan fingerprint density at radius 2 is 1.55 bits per heavy atom. The molecule has 0 unspecified atom stereocenters. The molecule has 0 aliphatic rings. The standard InChI is InChI=1S/C27H28N2O4/c1-31-24-15-21(16-25(32-2)26(24)33-3)27(30)28-14-13-20-18-29(17-19-9-5-4-6-10-19)23-12-8-7-11-22(20)23/h4-12,15-16,18H,13-14,17H2,1-3H3,(H,28,30). The van der Waals surface area contributed by atoms with Crippen LogP contribution in [-0.2, 0) is 13.0 Å². The van der Waals surface area contributed by atoms with Gasteiger partial charge in [0.1, 0.15) is 0 Å². The molecule has 1 heterocycles. The maximum Gasteiger partial charge on any atom is 0.251 e. The molecule has 170 valence electrons. The molecule has 0 spiro atoms. The normalized spacial score (nSPS) is 10.8. The van der Waals surface area contributed by atoms with Crippen LogP contribution >= 0.6 is 0 Å². The lowest BCUT2D eigenvalue weighted by atomic mass is 10.1. The number of aromatic nitrogens is 1. The van der Waals surface area contributed by atoms with Crippen molar-refractivity contribution in [2.45, 2.75) is 13.0 Å². The summed E-state index contributed by atoms with van der Waals surface area (Å²) in [6.07, 6.45) is 2.90. The van der Waals surface area contributed by atoms with E-state index in [1.165, 1.54) is 43.4 Å². The first-order valence-electron chi connectivity index (χ1n) is 10.8. The van der Waals surface area contributed by atoms with Gasteiger partial charge < -0.3 is 24.1 Å². The number of amides is 1. The molecule has 4 aromatic rings. The van der Waals surface area contributed by atoms with Crippen LogP contribution in [0, 0.1) is 0 Å². The molecule has 3 aromatic carbocycles. The number of ether oxygens (including phenoxy) is 3. The van der Waals surface area contributed by atoms with Crippen LogP contribution in [0.5, 0.6) is 17.2 Å². The van der Waals surface area contributed by atoms with Gasteiger partial charge in [0.05, 0.1) is 21.3 Å². The van der Waals surface area contributed by atoms with Crippen molar-refractivity contribution in [2.75, 3.05) is 27.9 Å². The van der Waals surface area contributed by atoms with Crippen molar-refractivity contribution in [3.05, 3.63) is 89.6 Å². The van der Waals surface area contributed by atoms with E-state index in [9.17, 15) is 4.79 Å². The summed E-state index contributed by atoms with van der Waals surface area (Å²) in [6.45, 7) is 1.31. The number of fused-ring (bicyclic) bond motifs is 1. The van der Waals surface area contributed by atoms with E-state index >= 15 is 0 Å². The van der Waals surface area contributed by atoms with E-state index in [0.29, 0.717) is 29.4 Å². The zero-order valence-electron chi connectivity index (χ0n) is 19.1. The molecule has 6 heteroatoms. The minimum atomic E-state index is -0.192. The minimum absolute atomic E-state index is 0.192. The maximum absolute atomic E-state index is 12.8. The average Bonchev–Trinajstić information content (AvgIpc) is 3.20. The van der Waals surface area contributed by atoms with Crippen LogP contribution < -0.4 is 19.5 Å². The lowest BCUT2D eigenvalue weighted by molar-refractivity contribution is 0.0953. The largest absolute Gasteiger partial charge is 0.493 e. The predicted octanol–water partition coefficient (Wildman–Crippen LogP) is 4.69. The fraction of sp³-hybridized carbons (Fsp3) is 0.222. The van der Waals surface area contributed by atoms with Crippen LogP contribution in [0.25, 0.3) is 10.9 Å². The number of nitrogens with zero attached hydrogens (tertiary/aromatic N) is 1. The molecule has 0 saturated carbocycles. The lowest BCUT2D eigenvalue weighted by Gasteiger charge is -2.14. The number of carbonyl (C=O) groups is 1. The first-order chi connectivity index (χ1) is 16.1. The van der Waals surface area contributed by atoms with Crippen LogP contribution in [0.4, 0.5) is 0 Å². The third-order valence-electron chi connectivity index (χ3n) is 5.67. The first-order valence-corrected chi connectivity index (χ1v) is 10.8. The molecule has 0 saturated heterocycles. The number of carbonyl (C=O) groups excluding carboxylic acids is 1. The molecule has 33 heavy (non-hydrogen) atoms. The van der Waals surface area contributed by atoms with Crippen molar-refractivity contribution in [3.63, 3.8) is 0 Å². The molecule has 0 fully saturated rings. The fourth-order valence-electron chi connectivity index (χ4n) is 4.06. The van der Waals surface area contributed by atoms with Crippen molar-refractivity contribution >= 4 is 16.8 Å². The van der Waals surface area contributed by atoms with E-state index in [-0.39, 0.29) is 5.91 Å². The summed E-state index contributed by atoms with van der Waals surface area (Å²) < 4.78 is 18.3. The van der Waals surface area contributed by atoms with E-state index < -0.39 is 0 Å². The smallest absolute Gasteiger partial charge is 0.251 e. The highest BCUT2D eigenvalue weighted by atomic mass is 16.5. The molecule has 0 radical (unpaired) electrons. The highest BCUT2D eigenvalue weighted by Gasteiger charge is 2.17. The number of methoxy groups -OCH3 is 3. The highest BCUT2D eigenvalue weighted by molar-refractivity contribution is 5.95. The van der Waals surface area contributed by atoms with Crippen molar-refractivity contribution in [1.29, 1.82) is 0 Å². The molecular formula is C27H28N2O4. The lowest BCUT2D eigenvalue weighted by Crippen LogP contribution is -2.25. The number of hydrogen-bond acceptors (Lipinski definition) is 4. The second kappa shape index (κ2) is 10.1. The maximum atomic E-state index is 12.8. The van der Waals surface area contributed by atoms with Gasteiger partial charge in [-0.2, -0.15) is 0 Å². The van der Waals surface area contributed by atoms with Crippen LogP contribution in [0.3, 0.4) is 0 Å². The Morgan fingerprint density at radius 1 is 0.879 bits per heavy atom. The van der Waals surface area contributed by atoms with E-state index in [1.807, 2.05) is 12.1 Å². The molecule has 1 N–H and O–H groups in total. The predicted molar refractivity (Wildman–Crippen MR) is 130 cm³/mol. The third kappa shape index (κ3) is 4.80. The van der Waals surface area contributed by atoms with Crippen LogP contribution in [0.1, 0.15) is 21.5 Å². The zero-order valence-corrected chi connectivity index (χ0v) is 19.1. The number of hydrogen-bond donors (Lipinski definition) is 1. The van der Waals surface area contributed by atoms with Crippen molar-refractivity contribution < 1.29 is 19.0 Å². The molecule has 0 bridgehead atoms. The molecule has 6 nitrogen and oxygen atoms in total. The summed E-state index contributed by atoms with van der Waals surface area (Å²) in [5.74, 6) is 1.17. The van der Waals surface area contributed by atoms with E-state index in [4.69, 9.17) is 14.2 Å². The van der Waals surface area contributed by atoms with Crippen LogP contribution in [0.15, 0.2) is 72.9 Å². The highest BCUT2D eigenvalue weighted by Crippen LogP contribution is 2.38. The van der Waals surface area contributed by atoms with Gasteiger partial charge in [-0.3, -0.25) is 4.79 Å². The molecule has 1 amide bonds. The Hall–Kier alpha value is -3.93. The quantitative estimate of drug-likeness (QED) is 0.407. The molecule has 4 rings (SSSR count).